The standard InChI is InChI=1S/C12H15N3O5/c13-11(16)8-1-2-9(10(5-8)15(18)19)14-6-12(17)3-4-20-7-12/h1-2,5,14,17H,3-4,6-7H2,(H2,13,16). The number of nitrogens with one attached hydrogen (secondary N) is 1. The Morgan fingerprint density at radius 1 is 1.60 bits per heavy atom. The van der Waals surface area contributed by atoms with Crippen LogP contribution in [0.25, 0.3) is 0 Å². The summed E-state index contributed by atoms with van der Waals surface area (Å²) >= 11 is 0. The van der Waals surface area contributed by atoms with Gasteiger partial charge in [-0.05, 0) is 12.1 Å². The lowest BCUT2D eigenvalue weighted by Gasteiger charge is -2.21. The zero-order chi connectivity index (χ0) is 14.8. The fourth-order valence-corrected chi connectivity index (χ4v) is 1.98. The SMILES string of the molecule is NC(=O)c1ccc(NCC2(O)CCOC2)c([N+](=O)[O-])c1. The molecule has 1 saturated heterocycles. The highest BCUT2D eigenvalue weighted by molar-refractivity contribution is 5.94. The van der Waals surface area contributed by atoms with Crippen molar-refractivity contribution in [1.82, 2.24) is 0 Å². The molecule has 8 heteroatoms. The summed E-state index contributed by atoms with van der Waals surface area (Å²) in [5.41, 5.74) is 4.08. The van der Waals surface area contributed by atoms with Crippen molar-refractivity contribution in [2.75, 3.05) is 25.1 Å². The zero-order valence-electron chi connectivity index (χ0n) is 10.7. The highest BCUT2D eigenvalue weighted by Gasteiger charge is 2.32. The number of nitro groups is 1. The minimum Gasteiger partial charge on any atom is -0.386 e. The third-order valence-electron chi connectivity index (χ3n) is 3.17. The summed E-state index contributed by atoms with van der Waals surface area (Å²) < 4.78 is 5.09. The molecule has 0 spiro atoms. The summed E-state index contributed by atoms with van der Waals surface area (Å²) in [6, 6.07) is 3.91. The monoisotopic (exact) mass is 281 g/mol. The predicted molar refractivity (Wildman–Crippen MR) is 70.5 cm³/mol. The van der Waals surface area contributed by atoms with E-state index in [1.54, 1.807) is 0 Å². The van der Waals surface area contributed by atoms with Crippen LogP contribution in [-0.4, -0.2) is 41.3 Å². The number of benzene rings is 1. The maximum Gasteiger partial charge on any atom is 0.293 e. The maximum absolute atomic E-state index is 11.0. The molecule has 4 N–H and O–H groups in total. The first-order valence-corrected chi connectivity index (χ1v) is 6.03. The molecule has 1 unspecified atom stereocenters. The number of hydrogen-bond acceptors (Lipinski definition) is 6. The molecule has 0 aromatic heterocycles. The van der Waals surface area contributed by atoms with Gasteiger partial charge in [0.15, 0.2) is 0 Å². The van der Waals surface area contributed by atoms with E-state index in [-0.39, 0.29) is 30.1 Å². The normalized spacial score (nSPS) is 21.6. The number of nitro benzene ring substituents is 1. The number of amides is 1. The third-order valence-corrected chi connectivity index (χ3v) is 3.17. The Morgan fingerprint density at radius 3 is 2.90 bits per heavy atom. The van der Waals surface area contributed by atoms with Gasteiger partial charge < -0.3 is 20.9 Å². The van der Waals surface area contributed by atoms with E-state index in [4.69, 9.17) is 10.5 Å². The van der Waals surface area contributed by atoms with Gasteiger partial charge in [0.25, 0.3) is 5.69 Å². The van der Waals surface area contributed by atoms with E-state index in [1.165, 1.54) is 12.1 Å². The average Bonchev–Trinajstić information content (AvgIpc) is 2.83. The fourth-order valence-electron chi connectivity index (χ4n) is 1.98. The molecule has 8 nitrogen and oxygen atoms in total. The minimum atomic E-state index is -1.03. The summed E-state index contributed by atoms with van der Waals surface area (Å²) in [7, 11) is 0. The van der Waals surface area contributed by atoms with Crippen molar-refractivity contribution in [3.63, 3.8) is 0 Å². The number of anilines is 1. The average molecular weight is 281 g/mol. The molecule has 0 radical (unpaired) electrons. The van der Waals surface area contributed by atoms with E-state index in [2.05, 4.69) is 5.32 Å². The van der Waals surface area contributed by atoms with Crippen LogP contribution in [0.4, 0.5) is 11.4 Å². The van der Waals surface area contributed by atoms with Crippen molar-refractivity contribution >= 4 is 17.3 Å². The number of hydrogen-bond donors (Lipinski definition) is 3. The molecule has 1 atom stereocenters. The van der Waals surface area contributed by atoms with Crippen molar-refractivity contribution in [2.24, 2.45) is 5.73 Å². The molecule has 1 aromatic rings. The van der Waals surface area contributed by atoms with Crippen LogP contribution in [0.1, 0.15) is 16.8 Å². The number of aliphatic hydroxyl groups is 1. The van der Waals surface area contributed by atoms with Crippen molar-refractivity contribution in [3.05, 3.63) is 33.9 Å². The van der Waals surface area contributed by atoms with Crippen LogP contribution in [0.5, 0.6) is 0 Å². The molecule has 20 heavy (non-hydrogen) atoms. The highest BCUT2D eigenvalue weighted by atomic mass is 16.6. The predicted octanol–water partition coefficient (Wildman–Crippen LogP) is 0.257. The first kappa shape index (κ1) is 14.2. The van der Waals surface area contributed by atoms with E-state index in [9.17, 15) is 20.0 Å². The Hall–Kier alpha value is -2.19. The van der Waals surface area contributed by atoms with E-state index < -0.39 is 16.4 Å². The molecule has 1 aliphatic heterocycles. The van der Waals surface area contributed by atoms with Crippen molar-refractivity contribution in [3.8, 4) is 0 Å². The molecule has 108 valence electrons. The molecular weight excluding hydrogens is 266 g/mol. The van der Waals surface area contributed by atoms with Gasteiger partial charge in [-0.25, -0.2) is 0 Å². The van der Waals surface area contributed by atoms with Gasteiger partial charge in [0.05, 0.1) is 11.5 Å². The lowest BCUT2D eigenvalue weighted by molar-refractivity contribution is -0.384. The molecule has 0 saturated carbocycles. The number of nitrogens with two attached hydrogens (primary N) is 1. The molecule has 0 aliphatic carbocycles. The quantitative estimate of drug-likeness (QED) is 0.524. The third kappa shape index (κ3) is 3.03. The van der Waals surface area contributed by atoms with Crippen LogP contribution >= 0.6 is 0 Å². The molecular formula is C12H15N3O5. The largest absolute Gasteiger partial charge is 0.386 e. The molecule has 2 rings (SSSR count). The van der Waals surface area contributed by atoms with Crippen molar-refractivity contribution in [1.29, 1.82) is 0 Å². The van der Waals surface area contributed by atoms with Gasteiger partial charge in [0.2, 0.25) is 5.91 Å². The number of carbonyl (C=O) groups is 1. The van der Waals surface area contributed by atoms with Gasteiger partial charge >= 0.3 is 0 Å². The van der Waals surface area contributed by atoms with Crippen molar-refractivity contribution in [2.45, 2.75) is 12.0 Å². The Labute approximate surface area is 114 Å². The number of carbonyl (C=O) groups excluding carboxylic acids is 1. The molecule has 1 amide bonds. The Kier molecular flexibility index (Phi) is 3.86. The van der Waals surface area contributed by atoms with Crippen LogP contribution < -0.4 is 11.1 Å². The van der Waals surface area contributed by atoms with Gasteiger partial charge in [0.1, 0.15) is 11.3 Å². The second-order valence-electron chi connectivity index (χ2n) is 4.73. The number of primary amides is 1. The molecule has 0 bridgehead atoms. The van der Waals surface area contributed by atoms with Gasteiger partial charge in [-0.3, -0.25) is 14.9 Å². The summed E-state index contributed by atoms with van der Waals surface area (Å²) in [4.78, 5) is 21.4. The first-order valence-electron chi connectivity index (χ1n) is 6.03. The Balaban J connectivity index is 2.18. The molecule has 1 aromatic carbocycles. The lowest BCUT2D eigenvalue weighted by Crippen LogP contribution is -2.37. The van der Waals surface area contributed by atoms with E-state index in [1.807, 2.05) is 0 Å². The molecule has 1 aliphatic rings. The number of nitrogens with zero attached hydrogens (tertiary/aromatic N) is 1. The Bertz CT molecular complexity index is 540. The smallest absolute Gasteiger partial charge is 0.293 e. The van der Waals surface area contributed by atoms with Crippen LogP contribution in [0.2, 0.25) is 0 Å². The minimum absolute atomic E-state index is 0.0603. The molecule has 1 heterocycles. The fraction of sp³-hybridized carbons (Fsp3) is 0.417. The zero-order valence-corrected chi connectivity index (χ0v) is 10.7. The second kappa shape index (κ2) is 5.43. The molecule has 1 fully saturated rings. The van der Waals surface area contributed by atoms with Crippen LogP contribution in [-0.2, 0) is 4.74 Å². The van der Waals surface area contributed by atoms with Gasteiger partial charge in [-0.15, -0.1) is 0 Å². The van der Waals surface area contributed by atoms with Gasteiger partial charge in [-0.1, -0.05) is 0 Å². The first-order chi connectivity index (χ1) is 9.41. The van der Waals surface area contributed by atoms with Crippen LogP contribution in [0.3, 0.4) is 0 Å². The van der Waals surface area contributed by atoms with E-state index in [0.717, 1.165) is 6.07 Å². The van der Waals surface area contributed by atoms with Gasteiger partial charge in [0, 0.05) is 31.2 Å². The Morgan fingerprint density at radius 2 is 2.35 bits per heavy atom. The van der Waals surface area contributed by atoms with Crippen LogP contribution in [0.15, 0.2) is 18.2 Å². The van der Waals surface area contributed by atoms with E-state index >= 15 is 0 Å². The summed E-state index contributed by atoms with van der Waals surface area (Å²) in [6.07, 6.45) is 0.465. The summed E-state index contributed by atoms with van der Waals surface area (Å²) in [5.74, 6) is -0.734. The van der Waals surface area contributed by atoms with Gasteiger partial charge in [-0.2, -0.15) is 0 Å². The highest BCUT2D eigenvalue weighted by Crippen LogP contribution is 2.27. The lowest BCUT2D eigenvalue weighted by atomic mass is 10.0. The van der Waals surface area contributed by atoms with E-state index in [0.29, 0.717) is 13.0 Å². The summed E-state index contributed by atoms with van der Waals surface area (Å²) in [5, 5.41) is 23.9. The number of rotatable bonds is 5. The van der Waals surface area contributed by atoms with Crippen LogP contribution in [0, 0.1) is 10.1 Å². The maximum atomic E-state index is 11.0. The second-order valence-corrected chi connectivity index (χ2v) is 4.73. The topological polar surface area (TPSA) is 128 Å². The number of ether oxygens (including phenoxy) is 1. The summed E-state index contributed by atoms with van der Waals surface area (Å²) in [6.45, 7) is 0.776. The van der Waals surface area contributed by atoms with Crippen molar-refractivity contribution < 1.29 is 19.6 Å².